The number of hydrogen-bond acceptors (Lipinski definition) is 9. The van der Waals surface area contributed by atoms with Crippen molar-refractivity contribution in [3.05, 3.63) is 12.7 Å². The highest BCUT2D eigenvalue weighted by atomic mass is 16.5. The number of fused-ring (bicyclic) bond motifs is 1. The summed E-state index contributed by atoms with van der Waals surface area (Å²) in [4.78, 5) is 26.9. The van der Waals surface area contributed by atoms with Gasteiger partial charge in [0.2, 0.25) is 5.91 Å². The minimum Gasteiger partial charge on any atom is -0.394 e. The summed E-state index contributed by atoms with van der Waals surface area (Å²) in [5, 5.41) is 23.2. The van der Waals surface area contributed by atoms with Crippen LogP contribution in [0.5, 0.6) is 0 Å². The van der Waals surface area contributed by atoms with E-state index in [1.54, 1.807) is 9.47 Å². The van der Waals surface area contributed by atoms with Crippen LogP contribution >= 0.6 is 0 Å². The average molecular weight is 403 g/mol. The van der Waals surface area contributed by atoms with E-state index in [1.165, 1.54) is 12.7 Å². The first-order chi connectivity index (χ1) is 13.9. The molecule has 5 N–H and O–H groups in total. The number of aromatic nitrogens is 4. The van der Waals surface area contributed by atoms with Crippen molar-refractivity contribution < 1.29 is 19.7 Å². The molecule has 5 atom stereocenters. The van der Waals surface area contributed by atoms with E-state index >= 15 is 0 Å². The van der Waals surface area contributed by atoms with E-state index in [9.17, 15) is 15.0 Å². The van der Waals surface area contributed by atoms with Crippen LogP contribution in [0.4, 0.5) is 5.82 Å². The van der Waals surface area contributed by atoms with E-state index in [1.807, 2.05) is 14.1 Å². The second kappa shape index (κ2) is 8.71. The zero-order chi connectivity index (χ0) is 21.1. The number of aliphatic hydroxyl groups is 2. The van der Waals surface area contributed by atoms with Gasteiger partial charge in [-0.25, -0.2) is 15.0 Å². The van der Waals surface area contributed by atoms with Gasteiger partial charge in [-0.05, 0) is 6.42 Å². The van der Waals surface area contributed by atoms with Crippen LogP contribution < -0.4 is 16.0 Å². The Morgan fingerprint density at radius 1 is 1.48 bits per heavy atom. The zero-order valence-electron chi connectivity index (χ0n) is 16.3. The van der Waals surface area contributed by atoms with Crippen LogP contribution in [0.1, 0.15) is 19.1 Å². The van der Waals surface area contributed by atoms with Crippen molar-refractivity contribution in [1.82, 2.24) is 24.8 Å². The topological polar surface area (TPSA) is 152 Å². The van der Waals surface area contributed by atoms with Gasteiger partial charge in [0.15, 0.2) is 23.2 Å². The van der Waals surface area contributed by atoms with Crippen molar-refractivity contribution in [3.8, 4) is 12.3 Å². The molecule has 1 fully saturated rings. The first-order valence-electron chi connectivity index (χ1n) is 9.17. The molecule has 1 amide bonds. The lowest BCUT2D eigenvalue weighted by Crippen LogP contribution is -2.53. The van der Waals surface area contributed by atoms with E-state index in [4.69, 9.17) is 16.9 Å². The first-order valence-corrected chi connectivity index (χ1v) is 9.17. The highest BCUT2D eigenvalue weighted by molar-refractivity contribution is 5.83. The van der Waals surface area contributed by atoms with Gasteiger partial charge >= 0.3 is 0 Å². The van der Waals surface area contributed by atoms with Crippen molar-refractivity contribution in [1.29, 1.82) is 0 Å². The number of ether oxygens (including phenoxy) is 1. The number of nitrogens with two attached hydrogens (primary N) is 1. The van der Waals surface area contributed by atoms with Crippen LogP contribution in [0.15, 0.2) is 12.7 Å². The Morgan fingerprint density at radius 2 is 2.24 bits per heavy atom. The van der Waals surface area contributed by atoms with Crippen molar-refractivity contribution in [2.24, 2.45) is 5.73 Å². The molecular weight excluding hydrogens is 378 g/mol. The second-order valence-corrected chi connectivity index (χ2v) is 7.04. The van der Waals surface area contributed by atoms with Gasteiger partial charge in [-0.2, -0.15) is 0 Å². The quantitative estimate of drug-likeness (QED) is 0.399. The zero-order valence-corrected chi connectivity index (χ0v) is 16.3. The average Bonchev–Trinajstić information content (AvgIpc) is 3.27. The number of terminal acetylenes is 1. The van der Waals surface area contributed by atoms with Crippen LogP contribution in [0.25, 0.3) is 11.2 Å². The number of imidazole rings is 1. The Labute approximate surface area is 167 Å². The van der Waals surface area contributed by atoms with Crippen molar-refractivity contribution >= 4 is 22.9 Å². The number of rotatable bonds is 7. The molecule has 0 bridgehead atoms. The largest absolute Gasteiger partial charge is 0.394 e. The molecule has 0 saturated carbocycles. The molecule has 2 unspecified atom stereocenters. The van der Waals surface area contributed by atoms with Gasteiger partial charge in [-0.15, -0.1) is 12.3 Å². The minimum atomic E-state index is -1.16. The maximum atomic E-state index is 12.3. The molecule has 2 aromatic rings. The molecule has 3 heterocycles. The van der Waals surface area contributed by atoms with Gasteiger partial charge in [0.25, 0.3) is 0 Å². The maximum Gasteiger partial charge on any atom is 0.237 e. The molecular formula is C18H25N7O4. The lowest BCUT2D eigenvalue weighted by atomic mass is 10.1. The standard InChI is InChI=1S/C18H25N7O4/c1-4-5-6-10(19)17(28)23-12-11(7-26)29-18(14(12)27)25-9-22-13-15(24(2)3)20-8-21-16(13)25/h1,8-12,14,18,26-27H,5-7,19H2,2-3H3,(H,23,28)/t10?,11-,12?,14+,18-/m1/s1. The van der Waals surface area contributed by atoms with Crippen LogP contribution in [0.3, 0.4) is 0 Å². The highest BCUT2D eigenvalue weighted by Gasteiger charge is 2.46. The van der Waals surface area contributed by atoms with Crippen LogP contribution in [0, 0.1) is 12.3 Å². The molecule has 1 saturated heterocycles. The fourth-order valence-corrected chi connectivity index (χ4v) is 3.30. The third-order valence-electron chi connectivity index (χ3n) is 4.84. The predicted octanol–water partition coefficient (Wildman–Crippen LogP) is -1.63. The predicted molar refractivity (Wildman–Crippen MR) is 105 cm³/mol. The van der Waals surface area contributed by atoms with Gasteiger partial charge in [0, 0.05) is 20.5 Å². The highest BCUT2D eigenvalue weighted by Crippen LogP contribution is 2.32. The minimum absolute atomic E-state index is 0.315. The van der Waals surface area contributed by atoms with E-state index < -0.39 is 43.0 Å². The van der Waals surface area contributed by atoms with Crippen molar-refractivity contribution in [2.75, 3.05) is 25.6 Å². The Bertz CT molecular complexity index is 909. The number of amides is 1. The van der Waals surface area contributed by atoms with Crippen LogP contribution in [-0.2, 0) is 9.53 Å². The Morgan fingerprint density at radius 3 is 2.90 bits per heavy atom. The number of nitrogens with one attached hydrogen (secondary N) is 1. The number of carbonyl (C=O) groups is 1. The molecule has 1 aliphatic rings. The molecule has 2 aromatic heterocycles. The molecule has 0 radical (unpaired) electrons. The number of nitrogens with zero attached hydrogens (tertiary/aromatic N) is 5. The lowest BCUT2D eigenvalue weighted by molar-refractivity contribution is -0.124. The summed E-state index contributed by atoms with van der Waals surface area (Å²) in [6.07, 6.45) is 5.86. The van der Waals surface area contributed by atoms with Crippen LogP contribution in [0.2, 0.25) is 0 Å². The monoisotopic (exact) mass is 403 g/mol. The van der Waals surface area contributed by atoms with Gasteiger partial charge < -0.3 is 30.9 Å². The smallest absolute Gasteiger partial charge is 0.237 e. The molecule has 0 aromatic carbocycles. The third-order valence-corrected chi connectivity index (χ3v) is 4.84. The molecule has 1 aliphatic heterocycles. The maximum absolute atomic E-state index is 12.3. The van der Waals surface area contributed by atoms with Crippen molar-refractivity contribution in [3.63, 3.8) is 0 Å². The number of carbonyl (C=O) groups excluding carboxylic acids is 1. The van der Waals surface area contributed by atoms with E-state index in [0.29, 0.717) is 29.8 Å². The summed E-state index contributed by atoms with van der Waals surface area (Å²) in [7, 11) is 3.66. The number of hydrogen-bond donors (Lipinski definition) is 4. The normalized spacial score (nSPS) is 25.0. The molecule has 0 spiro atoms. The molecule has 11 nitrogen and oxygen atoms in total. The van der Waals surface area contributed by atoms with Gasteiger partial charge in [0.1, 0.15) is 18.5 Å². The molecule has 156 valence electrons. The summed E-state index contributed by atoms with van der Waals surface area (Å²) in [6.45, 7) is -0.400. The fraction of sp³-hybridized carbons (Fsp3) is 0.556. The van der Waals surface area contributed by atoms with Gasteiger partial charge in [0.05, 0.1) is 25.0 Å². The fourth-order valence-electron chi connectivity index (χ4n) is 3.30. The molecule has 3 rings (SSSR count). The third kappa shape index (κ3) is 4.01. The summed E-state index contributed by atoms with van der Waals surface area (Å²) in [5.74, 6) is 2.57. The number of aliphatic hydroxyl groups excluding tert-OH is 2. The van der Waals surface area contributed by atoms with Gasteiger partial charge in [-0.1, -0.05) is 0 Å². The first kappa shape index (κ1) is 20.9. The summed E-state index contributed by atoms with van der Waals surface area (Å²) in [5.41, 5.74) is 6.83. The molecule has 0 aliphatic carbocycles. The van der Waals surface area contributed by atoms with E-state index in [2.05, 4.69) is 26.2 Å². The van der Waals surface area contributed by atoms with Crippen LogP contribution in [-0.4, -0.2) is 80.6 Å². The number of anilines is 1. The summed E-state index contributed by atoms with van der Waals surface area (Å²) >= 11 is 0. The SMILES string of the molecule is C#CCCC(N)C(=O)NC1[C@@H](CO)O[C@@H](n2cnc3c(N(C)C)ncnc32)[C@H]1O. The van der Waals surface area contributed by atoms with E-state index in [-0.39, 0.29) is 0 Å². The van der Waals surface area contributed by atoms with Crippen molar-refractivity contribution in [2.45, 2.75) is 43.4 Å². The second-order valence-electron chi connectivity index (χ2n) is 7.04. The summed E-state index contributed by atoms with van der Waals surface area (Å²) < 4.78 is 7.37. The lowest BCUT2D eigenvalue weighted by Gasteiger charge is -2.22. The summed E-state index contributed by atoms with van der Waals surface area (Å²) in [6, 6.07) is -1.68. The molecule has 29 heavy (non-hydrogen) atoms. The van der Waals surface area contributed by atoms with E-state index in [0.717, 1.165) is 0 Å². The Hall–Kier alpha value is -2.78. The van der Waals surface area contributed by atoms with Gasteiger partial charge in [-0.3, -0.25) is 9.36 Å². The Balaban J connectivity index is 1.84. The Kier molecular flexibility index (Phi) is 6.29. The molecule has 11 heteroatoms.